The van der Waals surface area contributed by atoms with E-state index in [0.29, 0.717) is 40.3 Å². The van der Waals surface area contributed by atoms with Crippen molar-refractivity contribution >= 4 is 29.5 Å². The van der Waals surface area contributed by atoms with E-state index >= 15 is 0 Å². The van der Waals surface area contributed by atoms with Crippen molar-refractivity contribution in [1.82, 2.24) is 0 Å². The minimum Gasteiger partial charge on any atom is -0.485 e. The number of aldehydes is 1. The summed E-state index contributed by atoms with van der Waals surface area (Å²) in [6, 6.07) is 13.6. The summed E-state index contributed by atoms with van der Waals surface area (Å²) in [5.74, 6) is 0.0187. The molecule has 0 fully saturated rings. The van der Waals surface area contributed by atoms with Gasteiger partial charge in [-0.3, -0.25) is 14.4 Å². The SMILES string of the molecule is O=Cc1ccc([C@@H]2C3=C(CCCC3=O)O[C@H]2C(=O)c2ccc(Cl)cc2)cc1. The van der Waals surface area contributed by atoms with Crippen LogP contribution in [0.2, 0.25) is 5.02 Å². The summed E-state index contributed by atoms with van der Waals surface area (Å²) < 4.78 is 6.01. The number of carbonyl (C=O) groups is 3. The summed E-state index contributed by atoms with van der Waals surface area (Å²) >= 11 is 5.92. The number of ether oxygens (including phenoxy) is 1. The molecule has 2 aromatic carbocycles. The fourth-order valence-corrected chi connectivity index (χ4v) is 3.91. The lowest BCUT2D eigenvalue weighted by Gasteiger charge is -2.20. The van der Waals surface area contributed by atoms with Crippen LogP contribution in [0.1, 0.15) is 51.5 Å². The molecular weight excluding hydrogens is 364 g/mol. The standard InChI is InChI=1S/C22H17ClO4/c23-16-10-8-15(9-11-16)21(26)22-19(14-6-4-13(12-24)5-7-14)20-17(25)2-1-3-18(20)27-22/h4-12,19,22H,1-3H2/t19-,22-/m1/s1. The normalized spacial score (nSPS) is 21.6. The van der Waals surface area contributed by atoms with E-state index in [4.69, 9.17) is 16.3 Å². The van der Waals surface area contributed by atoms with E-state index in [1.165, 1.54) is 0 Å². The number of carbonyl (C=O) groups excluding carboxylic acids is 3. The maximum absolute atomic E-state index is 13.2. The van der Waals surface area contributed by atoms with Gasteiger partial charge >= 0.3 is 0 Å². The fraction of sp³-hybridized carbons (Fsp3) is 0.227. The zero-order valence-corrected chi connectivity index (χ0v) is 15.2. The van der Waals surface area contributed by atoms with Crippen molar-refractivity contribution in [2.45, 2.75) is 31.3 Å². The minimum absolute atomic E-state index is 0.0344. The quantitative estimate of drug-likeness (QED) is 0.577. The van der Waals surface area contributed by atoms with E-state index < -0.39 is 12.0 Å². The highest BCUT2D eigenvalue weighted by Crippen LogP contribution is 2.45. The molecule has 1 heterocycles. The number of hydrogen-bond acceptors (Lipinski definition) is 4. The number of halogens is 1. The van der Waals surface area contributed by atoms with Gasteiger partial charge in [-0.2, -0.15) is 0 Å². The topological polar surface area (TPSA) is 60.4 Å². The molecule has 5 heteroatoms. The third kappa shape index (κ3) is 3.21. The monoisotopic (exact) mass is 380 g/mol. The Balaban J connectivity index is 1.75. The van der Waals surface area contributed by atoms with Gasteiger partial charge in [0.1, 0.15) is 12.0 Å². The first-order valence-electron chi connectivity index (χ1n) is 8.86. The number of benzene rings is 2. The summed E-state index contributed by atoms with van der Waals surface area (Å²) in [5, 5.41) is 0.549. The Morgan fingerprint density at radius 2 is 1.74 bits per heavy atom. The molecule has 1 aliphatic heterocycles. The average molecular weight is 381 g/mol. The maximum atomic E-state index is 13.2. The molecule has 1 aliphatic carbocycles. The average Bonchev–Trinajstić information content (AvgIpc) is 3.09. The molecule has 4 rings (SSSR count). The molecule has 0 radical (unpaired) electrons. The second-order valence-electron chi connectivity index (χ2n) is 6.79. The second-order valence-corrected chi connectivity index (χ2v) is 7.22. The molecule has 0 saturated carbocycles. The zero-order chi connectivity index (χ0) is 19.0. The molecule has 27 heavy (non-hydrogen) atoms. The fourth-order valence-electron chi connectivity index (χ4n) is 3.78. The van der Waals surface area contributed by atoms with Gasteiger partial charge in [-0.05, 0) is 36.2 Å². The van der Waals surface area contributed by atoms with Gasteiger partial charge in [-0.1, -0.05) is 35.9 Å². The van der Waals surface area contributed by atoms with Crippen molar-refractivity contribution < 1.29 is 19.1 Å². The lowest BCUT2D eigenvalue weighted by atomic mass is 9.80. The Labute approximate surface area is 161 Å². The Morgan fingerprint density at radius 1 is 1.04 bits per heavy atom. The van der Waals surface area contributed by atoms with E-state index in [0.717, 1.165) is 18.3 Å². The van der Waals surface area contributed by atoms with E-state index in [-0.39, 0.29) is 11.6 Å². The van der Waals surface area contributed by atoms with Crippen molar-refractivity contribution in [3.8, 4) is 0 Å². The van der Waals surface area contributed by atoms with Crippen molar-refractivity contribution in [3.05, 3.63) is 81.6 Å². The van der Waals surface area contributed by atoms with Crippen LogP contribution < -0.4 is 0 Å². The number of allylic oxidation sites excluding steroid dienone is 1. The molecule has 2 aromatic rings. The second kappa shape index (κ2) is 7.12. The zero-order valence-electron chi connectivity index (χ0n) is 14.5. The molecule has 0 spiro atoms. The highest BCUT2D eigenvalue weighted by molar-refractivity contribution is 6.30. The molecule has 0 N–H and O–H groups in total. The molecule has 0 amide bonds. The van der Waals surface area contributed by atoms with Crippen LogP contribution in [0, 0.1) is 0 Å². The summed E-state index contributed by atoms with van der Waals surface area (Å²) in [4.78, 5) is 36.7. The van der Waals surface area contributed by atoms with Crippen molar-refractivity contribution in [2.24, 2.45) is 0 Å². The maximum Gasteiger partial charge on any atom is 0.204 e. The predicted molar refractivity (Wildman–Crippen MR) is 101 cm³/mol. The summed E-state index contributed by atoms with van der Waals surface area (Å²) in [6.07, 6.45) is 1.83. The first kappa shape index (κ1) is 17.7. The van der Waals surface area contributed by atoms with Crippen LogP contribution in [-0.2, 0) is 9.53 Å². The van der Waals surface area contributed by atoms with Gasteiger partial charge < -0.3 is 4.74 Å². The number of Topliss-reactive ketones (excluding diaryl/α,β-unsaturated/α-hetero) is 2. The van der Waals surface area contributed by atoms with Gasteiger partial charge in [0.25, 0.3) is 0 Å². The lowest BCUT2D eigenvalue weighted by Crippen LogP contribution is -2.28. The molecule has 0 bridgehead atoms. The predicted octanol–water partition coefficient (Wildman–Crippen LogP) is 4.52. The summed E-state index contributed by atoms with van der Waals surface area (Å²) in [7, 11) is 0. The Morgan fingerprint density at radius 3 is 2.41 bits per heavy atom. The third-order valence-corrected chi connectivity index (χ3v) is 5.36. The number of ketones is 2. The lowest BCUT2D eigenvalue weighted by molar-refractivity contribution is -0.116. The van der Waals surface area contributed by atoms with E-state index in [9.17, 15) is 14.4 Å². The van der Waals surface area contributed by atoms with E-state index in [1.54, 1.807) is 48.5 Å². The van der Waals surface area contributed by atoms with Crippen LogP contribution in [0.25, 0.3) is 0 Å². The van der Waals surface area contributed by atoms with E-state index in [2.05, 4.69) is 0 Å². The van der Waals surface area contributed by atoms with Crippen molar-refractivity contribution in [1.29, 1.82) is 0 Å². The molecule has 2 aliphatic rings. The molecule has 0 aromatic heterocycles. The first-order chi connectivity index (χ1) is 13.1. The van der Waals surface area contributed by atoms with Crippen LogP contribution in [-0.4, -0.2) is 24.0 Å². The van der Waals surface area contributed by atoms with Gasteiger partial charge in [0.15, 0.2) is 11.9 Å². The van der Waals surface area contributed by atoms with Crippen LogP contribution in [0.15, 0.2) is 59.9 Å². The van der Waals surface area contributed by atoms with E-state index in [1.807, 2.05) is 0 Å². The van der Waals surface area contributed by atoms with Crippen LogP contribution in [0.4, 0.5) is 0 Å². The third-order valence-electron chi connectivity index (χ3n) is 5.11. The van der Waals surface area contributed by atoms with Crippen molar-refractivity contribution in [2.75, 3.05) is 0 Å². The molecule has 136 valence electrons. The van der Waals surface area contributed by atoms with Gasteiger partial charge in [-0.25, -0.2) is 0 Å². The van der Waals surface area contributed by atoms with Crippen LogP contribution in [0.5, 0.6) is 0 Å². The number of hydrogen-bond donors (Lipinski definition) is 0. The smallest absolute Gasteiger partial charge is 0.204 e. The molecule has 4 nitrogen and oxygen atoms in total. The molecule has 0 unspecified atom stereocenters. The van der Waals surface area contributed by atoms with Crippen LogP contribution in [0.3, 0.4) is 0 Å². The van der Waals surface area contributed by atoms with Gasteiger partial charge in [0, 0.05) is 34.6 Å². The minimum atomic E-state index is -0.791. The van der Waals surface area contributed by atoms with Gasteiger partial charge in [0.05, 0.1) is 5.92 Å². The highest BCUT2D eigenvalue weighted by Gasteiger charge is 2.45. The Kier molecular flexibility index (Phi) is 4.66. The van der Waals surface area contributed by atoms with Gasteiger partial charge in [-0.15, -0.1) is 0 Å². The largest absolute Gasteiger partial charge is 0.485 e. The first-order valence-corrected chi connectivity index (χ1v) is 9.24. The summed E-state index contributed by atoms with van der Waals surface area (Å²) in [6.45, 7) is 0. The molecule has 2 atom stereocenters. The molecular formula is C22H17ClO4. The van der Waals surface area contributed by atoms with Crippen molar-refractivity contribution in [3.63, 3.8) is 0 Å². The highest BCUT2D eigenvalue weighted by atomic mass is 35.5. The molecule has 0 saturated heterocycles. The van der Waals surface area contributed by atoms with Gasteiger partial charge in [0.2, 0.25) is 5.78 Å². The summed E-state index contributed by atoms with van der Waals surface area (Å²) in [5.41, 5.74) is 2.44. The number of rotatable bonds is 4. The Hall–Kier alpha value is -2.72. The Bertz CT molecular complexity index is 941. The van der Waals surface area contributed by atoms with Crippen LogP contribution >= 0.6 is 11.6 Å².